The van der Waals surface area contributed by atoms with Gasteiger partial charge in [0.25, 0.3) is 0 Å². The van der Waals surface area contributed by atoms with E-state index in [1.807, 2.05) is 0 Å². The lowest BCUT2D eigenvalue weighted by atomic mass is 10.1. The van der Waals surface area contributed by atoms with Crippen molar-refractivity contribution >= 4 is 44.3 Å². The van der Waals surface area contributed by atoms with E-state index in [1.165, 1.54) is 36.4 Å². The number of hydrogen-bond donors (Lipinski definition) is 3. The average Bonchev–Trinajstić information content (AvgIpc) is 2.60. The zero-order chi connectivity index (χ0) is 20.5. The van der Waals surface area contributed by atoms with Crippen LogP contribution in [-0.2, 0) is 10.0 Å². The number of nitrogens with one attached hydrogen (secondary N) is 2. The molecule has 0 unspecified atom stereocenters. The van der Waals surface area contributed by atoms with Gasteiger partial charge in [0.1, 0.15) is 5.56 Å². The summed E-state index contributed by atoms with van der Waals surface area (Å²) in [4.78, 5) is 36.4. The Hall–Kier alpha value is -3.66. The van der Waals surface area contributed by atoms with Gasteiger partial charge in [0.2, 0.25) is 15.5 Å². The van der Waals surface area contributed by atoms with Gasteiger partial charge >= 0.3 is 12.0 Å². The molecule has 10 heteroatoms. The number of carbonyl (C=O) groups excluding carboxylic acids is 1. The number of pyridine rings is 1. The van der Waals surface area contributed by atoms with Crippen LogP contribution in [0.4, 0.5) is 16.2 Å². The number of carbonyl (C=O) groups is 2. The SMILES string of the molecule is CS(=O)(=O)Nc1cccc(NC(=O)n2cc(C(=O)O)c(=O)c3ccccc32)c1. The molecule has 0 spiro atoms. The maximum atomic E-state index is 12.7. The quantitative estimate of drug-likeness (QED) is 0.613. The van der Waals surface area contributed by atoms with Crippen molar-refractivity contribution in [3.05, 3.63) is 70.5 Å². The number of benzene rings is 2. The fourth-order valence-electron chi connectivity index (χ4n) is 2.66. The number of aromatic nitrogens is 1. The molecule has 1 heterocycles. The van der Waals surface area contributed by atoms with Crippen LogP contribution in [0, 0.1) is 0 Å². The number of aromatic carboxylic acids is 1. The predicted molar refractivity (Wildman–Crippen MR) is 104 cm³/mol. The lowest BCUT2D eigenvalue weighted by Gasteiger charge is -2.13. The topological polar surface area (TPSA) is 135 Å². The highest BCUT2D eigenvalue weighted by Gasteiger charge is 2.17. The molecule has 3 aromatic rings. The van der Waals surface area contributed by atoms with E-state index in [0.717, 1.165) is 17.0 Å². The highest BCUT2D eigenvalue weighted by atomic mass is 32.2. The van der Waals surface area contributed by atoms with E-state index in [4.69, 9.17) is 0 Å². The number of amides is 1. The molecule has 3 N–H and O–H groups in total. The number of anilines is 2. The van der Waals surface area contributed by atoms with Gasteiger partial charge in [-0.15, -0.1) is 0 Å². The van der Waals surface area contributed by atoms with Crippen molar-refractivity contribution < 1.29 is 23.1 Å². The Morgan fingerprint density at radius 1 is 1.04 bits per heavy atom. The molecule has 28 heavy (non-hydrogen) atoms. The number of rotatable bonds is 4. The number of hydrogen-bond acceptors (Lipinski definition) is 5. The van der Waals surface area contributed by atoms with Gasteiger partial charge in [-0.1, -0.05) is 18.2 Å². The standard InChI is InChI=1S/C18H15N3O6S/c1-28(26,27)20-12-6-4-5-11(9-12)19-18(25)21-10-14(17(23)24)16(22)13-7-2-3-8-15(13)21/h2-10,20H,1H3,(H,19,25)(H,23,24). The molecule has 3 rings (SSSR count). The lowest BCUT2D eigenvalue weighted by Crippen LogP contribution is -2.25. The van der Waals surface area contributed by atoms with E-state index in [1.54, 1.807) is 12.1 Å². The second-order valence-corrected chi connectivity index (χ2v) is 7.70. The molecule has 0 saturated carbocycles. The van der Waals surface area contributed by atoms with Crippen molar-refractivity contribution in [3.63, 3.8) is 0 Å². The van der Waals surface area contributed by atoms with Crippen LogP contribution in [0.3, 0.4) is 0 Å². The predicted octanol–water partition coefficient (Wildman–Crippen LogP) is 2.15. The third-order valence-electron chi connectivity index (χ3n) is 3.78. The van der Waals surface area contributed by atoms with Crippen LogP contribution in [0.25, 0.3) is 10.9 Å². The monoisotopic (exact) mass is 401 g/mol. The molecule has 0 radical (unpaired) electrons. The van der Waals surface area contributed by atoms with Crippen LogP contribution in [0.1, 0.15) is 10.4 Å². The third-order valence-corrected chi connectivity index (χ3v) is 4.38. The zero-order valence-electron chi connectivity index (χ0n) is 14.5. The van der Waals surface area contributed by atoms with E-state index in [2.05, 4.69) is 10.0 Å². The molecule has 0 aliphatic rings. The Morgan fingerprint density at radius 2 is 1.71 bits per heavy atom. The molecule has 1 amide bonds. The van der Waals surface area contributed by atoms with E-state index in [0.29, 0.717) is 0 Å². The minimum atomic E-state index is -3.49. The van der Waals surface area contributed by atoms with Crippen molar-refractivity contribution in [2.75, 3.05) is 16.3 Å². The molecule has 144 valence electrons. The van der Waals surface area contributed by atoms with Crippen molar-refractivity contribution in [3.8, 4) is 0 Å². The summed E-state index contributed by atoms with van der Waals surface area (Å²) in [6.45, 7) is 0. The van der Waals surface area contributed by atoms with Crippen molar-refractivity contribution in [1.29, 1.82) is 0 Å². The highest BCUT2D eigenvalue weighted by molar-refractivity contribution is 7.92. The molecule has 0 aliphatic heterocycles. The van der Waals surface area contributed by atoms with Crippen molar-refractivity contribution in [1.82, 2.24) is 4.57 Å². The number of carboxylic acid groups (broad SMARTS) is 1. The van der Waals surface area contributed by atoms with E-state index in [9.17, 15) is 27.9 Å². The van der Waals surface area contributed by atoms with Crippen LogP contribution in [0.5, 0.6) is 0 Å². The van der Waals surface area contributed by atoms with Gasteiger partial charge in [-0.3, -0.25) is 14.1 Å². The fraction of sp³-hybridized carbons (Fsp3) is 0.0556. The maximum absolute atomic E-state index is 12.7. The van der Waals surface area contributed by atoms with Gasteiger partial charge in [0.05, 0.1) is 17.5 Å². The zero-order valence-corrected chi connectivity index (χ0v) is 15.4. The Bertz CT molecular complexity index is 1260. The Morgan fingerprint density at radius 3 is 2.39 bits per heavy atom. The highest BCUT2D eigenvalue weighted by Crippen LogP contribution is 2.18. The number of para-hydroxylation sites is 1. The summed E-state index contributed by atoms with van der Waals surface area (Å²) in [7, 11) is -3.49. The summed E-state index contributed by atoms with van der Waals surface area (Å²) in [6.07, 6.45) is 1.96. The normalized spacial score (nSPS) is 11.2. The first-order valence-electron chi connectivity index (χ1n) is 7.92. The Kier molecular flexibility index (Phi) is 4.89. The Labute approximate surface area is 159 Å². The minimum Gasteiger partial charge on any atom is -0.477 e. The van der Waals surface area contributed by atoms with E-state index >= 15 is 0 Å². The summed E-state index contributed by atoms with van der Waals surface area (Å²) in [5, 5.41) is 11.9. The maximum Gasteiger partial charge on any atom is 0.341 e. The molecule has 0 saturated heterocycles. The fourth-order valence-corrected chi connectivity index (χ4v) is 3.21. The molecule has 0 bridgehead atoms. The first-order valence-corrected chi connectivity index (χ1v) is 9.82. The van der Waals surface area contributed by atoms with Crippen LogP contribution < -0.4 is 15.5 Å². The van der Waals surface area contributed by atoms with E-state index < -0.39 is 33.0 Å². The molecule has 1 aromatic heterocycles. The molecular formula is C18H15N3O6S. The number of nitrogens with zero attached hydrogens (tertiary/aromatic N) is 1. The van der Waals surface area contributed by atoms with Crippen LogP contribution >= 0.6 is 0 Å². The first-order chi connectivity index (χ1) is 13.2. The van der Waals surface area contributed by atoms with Gasteiger partial charge in [-0.2, -0.15) is 0 Å². The van der Waals surface area contributed by atoms with Crippen molar-refractivity contribution in [2.24, 2.45) is 0 Å². The largest absolute Gasteiger partial charge is 0.477 e. The van der Waals surface area contributed by atoms with Crippen LogP contribution in [-0.4, -0.2) is 36.3 Å². The summed E-state index contributed by atoms with van der Waals surface area (Å²) >= 11 is 0. The average molecular weight is 401 g/mol. The van der Waals surface area contributed by atoms with Gasteiger partial charge in [-0.25, -0.2) is 18.0 Å². The van der Waals surface area contributed by atoms with Gasteiger partial charge in [0, 0.05) is 17.3 Å². The van der Waals surface area contributed by atoms with Gasteiger partial charge in [-0.05, 0) is 30.3 Å². The molecule has 0 atom stereocenters. The summed E-state index contributed by atoms with van der Waals surface area (Å²) in [5.41, 5.74) is -0.470. The van der Waals surface area contributed by atoms with Gasteiger partial charge < -0.3 is 10.4 Å². The van der Waals surface area contributed by atoms with Crippen LogP contribution in [0.2, 0.25) is 0 Å². The number of sulfonamides is 1. The molecule has 0 aliphatic carbocycles. The third kappa shape index (κ3) is 4.01. The summed E-state index contributed by atoms with van der Waals surface area (Å²) < 4.78 is 26.0. The van der Waals surface area contributed by atoms with Crippen LogP contribution in [0.15, 0.2) is 59.5 Å². The summed E-state index contributed by atoms with van der Waals surface area (Å²) in [5.74, 6) is -1.45. The molecule has 0 fully saturated rings. The molecular weight excluding hydrogens is 386 g/mol. The number of fused-ring (bicyclic) bond motifs is 1. The Balaban J connectivity index is 2.03. The second kappa shape index (κ2) is 7.16. The first kappa shape index (κ1) is 19.1. The lowest BCUT2D eigenvalue weighted by molar-refractivity contribution is 0.0695. The minimum absolute atomic E-state index is 0.0880. The molecule has 9 nitrogen and oxygen atoms in total. The summed E-state index contributed by atoms with van der Waals surface area (Å²) in [6, 6.07) is 11.4. The molecule has 2 aromatic carbocycles. The number of carboxylic acids is 1. The van der Waals surface area contributed by atoms with Gasteiger partial charge in [0.15, 0.2) is 0 Å². The van der Waals surface area contributed by atoms with E-state index in [-0.39, 0.29) is 22.3 Å². The second-order valence-electron chi connectivity index (χ2n) is 5.95. The van der Waals surface area contributed by atoms with Crippen molar-refractivity contribution in [2.45, 2.75) is 0 Å². The smallest absolute Gasteiger partial charge is 0.341 e.